The number of aliphatic carboxylic acids is 1. The van der Waals surface area contributed by atoms with E-state index in [4.69, 9.17) is 9.84 Å². The van der Waals surface area contributed by atoms with Crippen molar-refractivity contribution in [3.05, 3.63) is 32.6 Å². The van der Waals surface area contributed by atoms with Crippen molar-refractivity contribution in [1.82, 2.24) is 9.55 Å². The van der Waals surface area contributed by atoms with Crippen molar-refractivity contribution < 1.29 is 34.4 Å². The number of hydrogen-bond donors (Lipinski definition) is 4. The average molecular weight is 316 g/mol. The van der Waals surface area contributed by atoms with Gasteiger partial charge in [0.1, 0.15) is 17.9 Å². The van der Waals surface area contributed by atoms with Gasteiger partial charge < -0.3 is 24.8 Å². The number of aliphatic hydroxyl groups is 2. The second-order valence-electron chi connectivity index (χ2n) is 4.45. The molecule has 11 heteroatoms. The molecule has 2 heterocycles. The first-order chi connectivity index (χ1) is 10.3. The van der Waals surface area contributed by atoms with Gasteiger partial charge >= 0.3 is 17.6 Å². The van der Waals surface area contributed by atoms with E-state index in [1.807, 2.05) is 4.98 Å². The summed E-state index contributed by atoms with van der Waals surface area (Å²) in [4.78, 5) is 47.6. The van der Waals surface area contributed by atoms with E-state index in [-0.39, 0.29) is 0 Å². The summed E-state index contributed by atoms with van der Waals surface area (Å²) in [5.74, 6) is -2.64. The van der Waals surface area contributed by atoms with Gasteiger partial charge in [-0.2, -0.15) is 0 Å². The average Bonchev–Trinajstić information content (AvgIpc) is 2.74. The molecule has 0 bridgehead atoms. The van der Waals surface area contributed by atoms with Crippen molar-refractivity contribution in [2.75, 3.05) is 7.11 Å². The molecule has 11 nitrogen and oxygen atoms in total. The molecule has 0 aliphatic carbocycles. The predicted molar refractivity (Wildman–Crippen MR) is 66.2 cm³/mol. The maximum atomic E-state index is 11.9. The van der Waals surface area contributed by atoms with E-state index in [0.717, 1.165) is 13.2 Å². The third-order valence-corrected chi connectivity index (χ3v) is 3.11. The van der Waals surface area contributed by atoms with Crippen LogP contribution in [0.1, 0.15) is 16.7 Å². The van der Waals surface area contributed by atoms with E-state index in [9.17, 15) is 29.4 Å². The highest BCUT2D eigenvalue weighted by atomic mass is 16.6. The summed E-state index contributed by atoms with van der Waals surface area (Å²) in [6.07, 6.45) is -7.13. The van der Waals surface area contributed by atoms with Gasteiger partial charge in [-0.05, 0) is 0 Å². The number of carboxylic acids is 1. The van der Waals surface area contributed by atoms with Gasteiger partial charge in [0.25, 0.3) is 5.56 Å². The lowest BCUT2D eigenvalue weighted by Crippen LogP contribution is -2.41. The number of carbonyl (C=O) groups excluding carboxylic acids is 1. The Bertz CT molecular complexity index is 721. The zero-order chi connectivity index (χ0) is 16.6. The number of carbonyl (C=O) groups is 2. The van der Waals surface area contributed by atoms with Crippen molar-refractivity contribution in [2.45, 2.75) is 24.5 Å². The van der Waals surface area contributed by atoms with Crippen molar-refractivity contribution in [3.63, 3.8) is 0 Å². The molecule has 1 aliphatic heterocycles. The molecular weight excluding hydrogens is 304 g/mol. The lowest BCUT2D eigenvalue weighted by Gasteiger charge is -2.19. The molecule has 0 spiro atoms. The second-order valence-corrected chi connectivity index (χ2v) is 4.45. The predicted octanol–water partition coefficient (Wildman–Crippen LogP) is -2.97. The minimum absolute atomic E-state index is 0.518. The molecular formula is C11H12N2O9. The van der Waals surface area contributed by atoms with Gasteiger partial charge in [-0.15, -0.1) is 0 Å². The van der Waals surface area contributed by atoms with Crippen LogP contribution in [0.3, 0.4) is 0 Å². The molecule has 22 heavy (non-hydrogen) atoms. The number of aromatic amines is 1. The number of aromatic nitrogens is 2. The quantitative estimate of drug-likeness (QED) is 0.425. The Balaban J connectivity index is 2.58. The molecule has 0 amide bonds. The summed E-state index contributed by atoms with van der Waals surface area (Å²) in [7, 11) is 0.999. The fourth-order valence-electron chi connectivity index (χ4n) is 2.10. The first-order valence-electron chi connectivity index (χ1n) is 5.96. The Morgan fingerprint density at radius 3 is 2.45 bits per heavy atom. The van der Waals surface area contributed by atoms with Gasteiger partial charge in [-0.1, -0.05) is 0 Å². The summed E-state index contributed by atoms with van der Waals surface area (Å²) in [5.41, 5.74) is -2.59. The van der Waals surface area contributed by atoms with Crippen molar-refractivity contribution in [1.29, 1.82) is 0 Å². The maximum Gasteiger partial charge on any atom is 0.355 e. The van der Waals surface area contributed by atoms with Gasteiger partial charge in [0, 0.05) is 6.07 Å². The number of ether oxygens (including phenoxy) is 2. The number of aliphatic hydroxyl groups excluding tert-OH is 2. The summed E-state index contributed by atoms with van der Waals surface area (Å²) >= 11 is 0. The molecule has 2 rings (SSSR count). The Labute approximate surface area is 121 Å². The molecule has 0 unspecified atom stereocenters. The van der Waals surface area contributed by atoms with Crippen molar-refractivity contribution >= 4 is 11.9 Å². The molecule has 4 atom stereocenters. The number of methoxy groups -OCH3 is 1. The second kappa shape index (κ2) is 5.71. The van der Waals surface area contributed by atoms with Gasteiger partial charge in [-0.3, -0.25) is 14.3 Å². The molecule has 120 valence electrons. The van der Waals surface area contributed by atoms with Gasteiger partial charge in [0.05, 0.1) is 7.11 Å². The minimum atomic E-state index is -1.83. The zero-order valence-electron chi connectivity index (χ0n) is 11.1. The van der Waals surface area contributed by atoms with E-state index in [2.05, 4.69) is 4.74 Å². The third-order valence-electron chi connectivity index (χ3n) is 3.11. The topological polar surface area (TPSA) is 168 Å². The Hall–Kier alpha value is -2.50. The monoisotopic (exact) mass is 316 g/mol. The number of hydrogen-bond acceptors (Lipinski definition) is 8. The van der Waals surface area contributed by atoms with E-state index >= 15 is 0 Å². The standard InChI is InChI=1S/C11H12N2O9/c1-21-10(19)3-2-4(14)12-11(20)13(3)8-6(16)5(15)7(22-8)9(17)18/h2,5-8,15-16H,1H3,(H,17,18)(H,12,14,20)/t5-,6+,7-,8+/m0/s1. The Morgan fingerprint density at radius 2 is 1.95 bits per heavy atom. The zero-order valence-corrected chi connectivity index (χ0v) is 11.1. The minimum Gasteiger partial charge on any atom is -0.479 e. The summed E-state index contributed by atoms with van der Waals surface area (Å²) in [6.45, 7) is 0. The maximum absolute atomic E-state index is 11.9. The first-order valence-corrected chi connectivity index (χ1v) is 5.96. The van der Waals surface area contributed by atoms with Crippen LogP contribution < -0.4 is 11.2 Å². The van der Waals surface area contributed by atoms with Crippen LogP contribution in [0.5, 0.6) is 0 Å². The highest BCUT2D eigenvalue weighted by molar-refractivity contribution is 5.87. The van der Waals surface area contributed by atoms with Crippen LogP contribution >= 0.6 is 0 Å². The molecule has 1 saturated heterocycles. The van der Waals surface area contributed by atoms with Crippen LogP contribution in [0.25, 0.3) is 0 Å². The third kappa shape index (κ3) is 2.52. The van der Waals surface area contributed by atoms with Crippen LogP contribution in [0.15, 0.2) is 15.7 Å². The molecule has 0 saturated carbocycles. The fourth-order valence-corrected chi connectivity index (χ4v) is 2.10. The fraction of sp³-hybridized carbons (Fsp3) is 0.455. The molecule has 1 aromatic rings. The highest BCUT2D eigenvalue weighted by Crippen LogP contribution is 2.29. The van der Waals surface area contributed by atoms with Gasteiger partial charge in [0.15, 0.2) is 12.3 Å². The van der Waals surface area contributed by atoms with Crippen LogP contribution in [-0.2, 0) is 14.3 Å². The summed E-state index contributed by atoms with van der Waals surface area (Å²) in [5, 5.41) is 28.4. The Kier molecular flexibility index (Phi) is 4.12. The number of nitrogens with zero attached hydrogens (tertiary/aromatic N) is 1. The lowest BCUT2D eigenvalue weighted by atomic mass is 10.1. The van der Waals surface area contributed by atoms with E-state index in [1.54, 1.807) is 0 Å². The smallest absolute Gasteiger partial charge is 0.355 e. The highest BCUT2D eigenvalue weighted by Gasteiger charge is 2.48. The van der Waals surface area contributed by atoms with E-state index in [1.165, 1.54) is 0 Å². The number of H-pyrrole nitrogens is 1. The number of esters is 1. The molecule has 0 radical (unpaired) electrons. The number of carboxylic acid groups (broad SMARTS) is 1. The molecule has 1 fully saturated rings. The normalized spacial score (nSPS) is 27.6. The van der Waals surface area contributed by atoms with Crippen LogP contribution in [-0.4, -0.2) is 62.2 Å². The van der Waals surface area contributed by atoms with E-state index < -0.39 is 53.4 Å². The molecule has 1 aliphatic rings. The largest absolute Gasteiger partial charge is 0.479 e. The van der Waals surface area contributed by atoms with E-state index in [0.29, 0.717) is 4.57 Å². The number of nitrogens with one attached hydrogen (secondary N) is 1. The van der Waals surface area contributed by atoms with Crippen molar-refractivity contribution in [3.8, 4) is 0 Å². The van der Waals surface area contributed by atoms with Gasteiger partial charge in [-0.25, -0.2) is 14.4 Å². The summed E-state index contributed by atoms with van der Waals surface area (Å²) in [6, 6.07) is 0.726. The lowest BCUT2D eigenvalue weighted by molar-refractivity contribution is -0.155. The molecule has 4 N–H and O–H groups in total. The summed E-state index contributed by atoms with van der Waals surface area (Å²) < 4.78 is 9.86. The molecule has 1 aromatic heterocycles. The van der Waals surface area contributed by atoms with Crippen molar-refractivity contribution in [2.24, 2.45) is 0 Å². The Morgan fingerprint density at radius 1 is 1.32 bits per heavy atom. The number of rotatable bonds is 3. The van der Waals surface area contributed by atoms with Crippen LogP contribution in [0.2, 0.25) is 0 Å². The first kappa shape index (κ1) is 15.9. The molecule has 0 aromatic carbocycles. The van der Waals surface area contributed by atoms with Crippen LogP contribution in [0.4, 0.5) is 0 Å². The van der Waals surface area contributed by atoms with Gasteiger partial charge in [0.2, 0.25) is 0 Å². The SMILES string of the molecule is COC(=O)c1cc(=O)[nH]c(=O)n1[C@@H]1O[C@H](C(=O)O)[C@@H](O)[C@H]1O. The van der Waals surface area contributed by atoms with Crippen LogP contribution in [0, 0.1) is 0 Å².